The van der Waals surface area contributed by atoms with Gasteiger partial charge in [0.15, 0.2) is 5.65 Å². The quantitative estimate of drug-likeness (QED) is 0.469. The summed E-state index contributed by atoms with van der Waals surface area (Å²) < 4.78 is 25.2. The minimum Gasteiger partial charge on any atom is -0.364 e. The predicted octanol–water partition coefficient (Wildman–Crippen LogP) is 3.21. The lowest BCUT2D eigenvalue weighted by Gasteiger charge is -2.41. The summed E-state index contributed by atoms with van der Waals surface area (Å²) in [7, 11) is -3.76. The van der Waals surface area contributed by atoms with Gasteiger partial charge in [-0.15, -0.1) is 0 Å². The Hall–Kier alpha value is -3.27. The summed E-state index contributed by atoms with van der Waals surface area (Å²) >= 11 is 0. The van der Waals surface area contributed by atoms with E-state index in [1.807, 2.05) is 12.4 Å². The van der Waals surface area contributed by atoms with Crippen LogP contribution in [0.3, 0.4) is 0 Å². The number of piperazine rings is 1. The molecule has 0 saturated carbocycles. The van der Waals surface area contributed by atoms with Crippen LogP contribution in [0.4, 0.5) is 5.69 Å². The standard InChI is InChI=1S/C25H28N6O2S/c1-16-10-20(6-9-24(16)34(26,32)33)23-14-29-30-15-21(13-28-25(23)30)19-4-7-22(8-5-19)31-17(2)11-27-12-18(31)3/h4-10,13-15,17-18,27H,11-12H2,1-3H3,(H2,26,32,33)/t17-,18+. The molecule has 2 aromatic carbocycles. The number of nitrogens with one attached hydrogen (secondary N) is 1. The smallest absolute Gasteiger partial charge is 0.238 e. The van der Waals surface area contributed by atoms with Crippen LogP contribution in [0.1, 0.15) is 19.4 Å². The topological polar surface area (TPSA) is 106 Å². The Morgan fingerprint density at radius 1 is 0.971 bits per heavy atom. The Morgan fingerprint density at radius 2 is 1.65 bits per heavy atom. The number of primary sulfonamides is 1. The van der Waals surface area contributed by atoms with Gasteiger partial charge in [0.1, 0.15) is 0 Å². The molecule has 176 valence electrons. The zero-order valence-corrected chi connectivity index (χ0v) is 20.2. The normalized spacial score (nSPS) is 19.0. The highest BCUT2D eigenvalue weighted by Crippen LogP contribution is 2.29. The molecule has 0 bridgehead atoms. The van der Waals surface area contributed by atoms with E-state index in [9.17, 15) is 8.42 Å². The molecule has 1 aliphatic heterocycles. The highest BCUT2D eigenvalue weighted by atomic mass is 32.2. The molecule has 1 saturated heterocycles. The summed E-state index contributed by atoms with van der Waals surface area (Å²) in [5, 5.41) is 13.3. The summed E-state index contributed by atoms with van der Waals surface area (Å²) in [6.45, 7) is 8.19. The molecule has 2 aromatic heterocycles. The van der Waals surface area contributed by atoms with E-state index in [2.05, 4.69) is 58.4 Å². The fourth-order valence-electron chi connectivity index (χ4n) is 4.83. The third kappa shape index (κ3) is 4.06. The van der Waals surface area contributed by atoms with Crippen LogP contribution in [0.5, 0.6) is 0 Å². The zero-order chi connectivity index (χ0) is 24.0. The van der Waals surface area contributed by atoms with Crippen molar-refractivity contribution >= 4 is 21.4 Å². The lowest BCUT2D eigenvalue weighted by atomic mass is 10.0. The van der Waals surface area contributed by atoms with Crippen LogP contribution < -0.4 is 15.4 Å². The second kappa shape index (κ2) is 8.50. The SMILES string of the molecule is Cc1cc(-c2cnn3cc(-c4ccc(N5[C@H](C)CNC[C@@H]5C)cc4)cnc23)ccc1S(N)(=O)=O. The molecule has 4 aromatic rings. The van der Waals surface area contributed by atoms with Gasteiger partial charge in [-0.1, -0.05) is 18.2 Å². The first-order valence-electron chi connectivity index (χ1n) is 11.3. The molecule has 3 heterocycles. The van der Waals surface area contributed by atoms with Crippen molar-refractivity contribution in [3.63, 3.8) is 0 Å². The van der Waals surface area contributed by atoms with Crippen LogP contribution in [0.2, 0.25) is 0 Å². The first-order chi connectivity index (χ1) is 16.2. The third-order valence-corrected chi connectivity index (χ3v) is 7.55. The van der Waals surface area contributed by atoms with Gasteiger partial charge in [-0.2, -0.15) is 5.10 Å². The average molecular weight is 477 g/mol. The van der Waals surface area contributed by atoms with Gasteiger partial charge in [0.25, 0.3) is 0 Å². The van der Waals surface area contributed by atoms with Crippen molar-refractivity contribution < 1.29 is 8.42 Å². The lowest BCUT2D eigenvalue weighted by Crippen LogP contribution is -2.55. The fraction of sp³-hybridized carbons (Fsp3) is 0.280. The van der Waals surface area contributed by atoms with Crippen molar-refractivity contribution in [1.29, 1.82) is 0 Å². The highest BCUT2D eigenvalue weighted by Gasteiger charge is 2.24. The van der Waals surface area contributed by atoms with Crippen LogP contribution in [0, 0.1) is 6.92 Å². The van der Waals surface area contributed by atoms with E-state index in [0.717, 1.165) is 35.3 Å². The monoisotopic (exact) mass is 476 g/mol. The van der Waals surface area contributed by atoms with E-state index in [-0.39, 0.29) is 4.90 Å². The predicted molar refractivity (Wildman–Crippen MR) is 134 cm³/mol. The molecule has 1 fully saturated rings. The number of sulfonamides is 1. The molecule has 9 heteroatoms. The van der Waals surface area contributed by atoms with Gasteiger partial charge >= 0.3 is 0 Å². The van der Waals surface area contributed by atoms with Crippen molar-refractivity contribution in [2.24, 2.45) is 5.14 Å². The Kier molecular flexibility index (Phi) is 5.63. The number of benzene rings is 2. The van der Waals surface area contributed by atoms with Gasteiger partial charge in [-0.3, -0.25) is 0 Å². The molecular formula is C25H28N6O2S. The van der Waals surface area contributed by atoms with Crippen molar-refractivity contribution in [2.75, 3.05) is 18.0 Å². The second-order valence-electron chi connectivity index (χ2n) is 9.00. The average Bonchev–Trinajstić information content (AvgIpc) is 3.22. The molecule has 5 rings (SSSR count). The van der Waals surface area contributed by atoms with E-state index in [4.69, 9.17) is 5.14 Å². The minimum atomic E-state index is -3.76. The van der Waals surface area contributed by atoms with Gasteiger partial charge in [-0.25, -0.2) is 23.1 Å². The summed E-state index contributed by atoms with van der Waals surface area (Å²) in [5.74, 6) is 0. The highest BCUT2D eigenvalue weighted by molar-refractivity contribution is 7.89. The number of hydrogen-bond donors (Lipinski definition) is 2. The number of hydrogen-bond acceptors (Lipinski definition) is 6. The number of anilines is 1. The van der Waals surface area contributed by atoms with E-state index >= 15 is 0 Å². The Labute approximate surface area is 199 Å². The summed E-state index contributed by atoms with van der Waals surface area (Å²) in [6.07, 6.45) is 5.55. The second-order valence-corrected chi connectivity index (χ2v) is 10.5. The molecule has 34 heavy (non-hydrogen) atoms. The van der Waals surface area contributed by atoms with Crippen LogP contribution in [-0.4, -0.2) is 48.2 Å². The van der Waals surface area contributed by atoms with Gasteiger partial charge in [0.05, 0.1) is 11.1 Å². The molecule has 1 aliphatic rings. The molecule has 0 unspecified atom stereocenters. The van der Waals surface area contributed by atoms with E-state index in [1.54, 1.807) is 29.8 Å². The molecule has 0 spiro atoms. The van der Waals surface area contributed by atoms with Crippen LogP contribution in [0.15, 0.2) is 66.0 Å². The van der Waals surface area contributed by atoms with E-state index in [1.165, 1.54) is 11.8 Å². The van der Waals surface area contributed by atoms with Crippen LogP contribution >= 0.6 is 0 Å². The number of nitrogens with two attached hydrogens (primary N) is 1. The maximum atomic E-state index is 11.7. The zero-order valence-electron chi connectivity index (χ0n) is 19.4. The Bertz CT molecular complexity index is 1450. The molecule has 0 amide bonds. The van der Waals surface area contributed by atoms with Gasteiger partial charge < -0.3 is 10.2 Å². The molecule has 0 aliphatic carbocycles. The number of aromatic nitrogens is 3. The maximum Gasteiger partial charge on any atom is 0.238 e. The molecule has 3 N–H and O–H groups in total. The maximum absolute atomic E-state index is 11.7. The number of aryl methyl sites for hydroxylation is 1. The summed E-state index contributed by atoms with van der Waals surface area (Å²) in [5.41, 5.74) is 6.21. The van der Waals surface area contributed by atoms with Gasteiger partial charge in [-0.05, 0) is 61.7 Å². The third-order valence-electron chi connectivity index (χ3n) is 6.48. The minimum absolute atomic E-state index is 0.121. The largest absolute Gasteiger partial charge is 0.364 e. The van der Waals surface area contributed by atoms with Crippen molar-refractivity contribution in [3.8, 4) is 22.3 Å². The first-order valence-corrected chi connectivity index (χ1v) is 12.8. The molecule has 2 atom stereocenters. The van der Waals surface area contributed by atoms with E-state index < -0.39 is 10.0 Å². The summed E-state index contributed by atoms with van der Waals surface area (Å²) in [4.78, 5) is 7.25. The first kappa shape index (κ1) is 22.5. The Morgan fingerprint density at radius 3 is 2.29 bits per heavy atom. The van der Waals surface area contributed by atoms with Crippen molar-refractivity contribution in [3.05, 3.63) is 66.6 Å². The van der Waals surface area contributed by atoms with E-state index in [0.29, 0.717) is 23.3 Å². The number of fused-ring (bicyclic) bond motifs is 1. The van der Waals surface area contributed by atoms with Crippen molar-refractivity contribution in [1.82, 2.24) is 19.9 Å². The van der Waals surface area contributed by atoms with Crippen molar-refractivity contribution in [2.45, 2.75) is 37.8 Å². The Balaban J connectivity index is 1.45. The molecular weight excluding hydrogens is 448 g/mol. The van der Waals surface area contributed by atoms with Crippen LogP contribution in [0.25, 0.3) is 27.9 Å². The lowest BCUT2D eigenvalue weighted by molar-refractivity contribution is 0.432. The number of rotatable bonds is 4. The fourth-order valence-corrected chi connectivity index (χ4v) is 5.60. The van der Waals surface area contributed by atoms with Crippen LogP contribution in [-0.2, 0) is 10.0 Å². The molecule has 0 radical (unpaired) electrons. The van der Waals surface area contributed by atoms with Gasteiger partial charge in [0.2, 0.25) is 10.0 Å². The van der Waals surface area contributed by atoms with Gasteiger partial charge in [0, 0.05) is 54.4 Å². The summed E-state index contributed by atoms with van der Waals surface area (Å²) in [6, 6.07) is 14.5. The molecule has 8 nitrogen and oxygen atoms in total. The number of nitrogens with zero attached hydrogens (tertiary/aromatic N) is 4.